The molecule has 1 aromatic rings. The second-order valence-electron chi connectivity index (χ2n) is 6.20. The van der Waals surface area contributed by atoms with Gasteiger partial charge in [-0.05, 0) is 12.0 Å². The van der Waals surface area contributed by atoms with Crippen LogP contribution in [0.5, 0.6) is 0 Å². The molecule has 132 valence electrons. The second kappa shape index (κ2) is 9.39. The van der Waals surface area contributed by atoms with Gasteiger partial charge in [0.15, 0.2) is 0 Å². The molecule has 1 fully saturated rings. The molecule has 24 heavy (non-hydrogen) atoms. The van der Waals surface area contributed by atoms with Crippen LogP contribution in [0.4, 0.5) is 0 Å². The first kappa shape index (κ1) is 18.4. The molecule has 0 aromatic heterocycles. The molecule has 1 amide bonds. The summed E-state index contributed by atoms with van der Waals surface area (Å²) in [6.07, 6.45) is 1.31. The van der Waals surface area contributed by atoms with Crippen LogP contribution in [0.15, 0.2) is 30.3 Å². The van der Waals surface area contributed by atoms with Crippen molar-refractivity contribution in [2.75, 3.05) is 32.7 Å². The highest BCUT2D eigenvalue weighted by molar-refractivity contribution is 5.80. The van der Waals surface area contributed by atoms with E-state index in [1.165, 1.54) is 5.56 Å². The number of hydrogen-bond donors (Lipinski definition) is 2. The van der Waals surface area contributed by atoms with Gasteiger partial charge in [0.2, 0.25) is 5.91 Å². The lowest BCUT2D eigenvalue weighted by Gasteiger charge is -2.35. The van der Waals surface area contributed by atoms with Gasteiger partial charge in [-0.3, -0.25) is 19.8 Å². The Kier molecular flexibility index (Phi) is 7.21. The number of aliphatic carboxylic acids is 1. The van der Waals surface area contributed by atoms with Crippen LogP contribution in [0.25, 0.3) is 0 Å². The minimum Gasteiger partial charge on any atom is -0.480 e. The fourth-order valence-corrected chi connectivity index (χ4v) is 2.92. The van der Waals surface area contributed by atoms with Gasteiger partial charge < -0.3 is 10.0 Å². The summed E-state index contributed by atoms with van der Waals surface area (Å²) in [6.45, 7) is 6.01. The number of benzene rings is 1. The number of piperazine rings is 1. The van der Waals surface area contributed by atoms with Crippen LogP contribution in [0.3, 0.4) is 0 Å². The molecule has 1 atom stereocenters. The predicted octanol–water partition coefficient (Wildman–Crippen LogP) is 1.17. The molecular formula is C18H27N3O3. The summed E-state index contributed by atoms with van der Waals surface area (Å²) in [7, 11) is 0. The third kappa shape index (κ3) is 5.62. The molecule has 0 spiro atoms. The molecule has 1 heterocycles. The molecule has 1 aliphatic heterocycles. The van der Waals surface area contributed by atoms with Gasteiger partial charge in [-0.2, -0.15) is 0 Å². The third-order valence-corrected chi connectivity index (χ3v) is 4.35. The zero-order valence-electron chi connectivity index (χ0n) is 14.3. The molecular weight excluding hydrogens is 306 g/mol. The van der Waals surface area contributed by atoms with E-state index in [0.717, 1.165) is 26.1 Å². The van der Waals surface area contributed by atoms with E-state index in [0.29, 0.717) is 19.5 Å². The van der Waals surface area contributed by atoms with Gasteiger partial charge in [0.25, 0.3) is 0 Å². The topological polar surface area (TPSA) is 72.9 Å². The Bertz CT molecular complexity index is 528. The molecule has 2 rings (SSSR count). The van der Waals surface area contributed by atoms with E-state index in [4.69, 9.17) is 5.11 Å². The first-order chi connectivity index (χ1) is 11.6. The average Bonchev–Trinajstić information content (AvgIpc) is 2.59. The van der Waals surface area contributed by atoms with E-state index < -0.39 is 12.0 Å². The first-order valence-electron chi connectivity index (χ1n) is 8.60. The Morgan fingerprint density at radius 3 is 2.42 bits per heavy atom. The average molecular weight is 333 g/mol. The minimum absolute atomic E-state index is 0.0169. The zero-order chi connectivity index (χ0) is 17.4. The molecule has 6 nitrogen and oxygen atoms in total. The Morgan fingerprint density at radius 2 is 1.83 bits per heavy atom. The summed E-state index contributed by atoms with van der Waals surface area (Å²) in [5, 5.41) is 12.0. The molecule has 1 saturated heterocycles. The number of nitrogens with zero attached hydrogens (tertiary/aromatic N) is 2. The number of nitrogens with one attached hydrogen (secondary N) is 1. The van der Waals surface area contributed by atoms with E-state index in [-0.39, 0.29) is 12.5 Å². The van der Waals surface area contributed by atoms with Crippen LogP contribution < -0.4 is 5.32 Å². The summed E-state index contributed by atoms with van der Waals surface area (Å²) in [4.78, 5) is 27.5. The molecule has 0 aliphatic carbocycles. The summed E-state index contributed by atoms with van der Waals surface area (Å²) in [5.74, 6) is -0.908. The Hall–Kier alpha value is -1.92. The van der Waals surface area contributed by atoms with E-state index in [2.05, 4.69) is 22.3 Å². The van der Waals surface area contributed by atoms with E-state index >= 15 is 0 Å². The molecule has 0 saturated carbocycles. The zero-order valence-corrected chi connectivity index (χ0v) is 14.3. The number of carboxylic acid groups (broad SMARTS) is 1. The molecule has 2 N–H and O–H groups in total. The van der Waals surface area contributed by atoms with Gasteiger partial charge in [0, 0.05) is 32.7 Å². The van der Waals surface area contributed by atoms with Crippen molar-refractivity contribution in [3.8, 4) is 0 Å². The number of carboxylic acids is 1. The molecule has 1 aliphatic rings. The number of carbonyl (C=O) groups excluding carboxylic acids is 1. The van der Waals surface area contributed by atoms with Gasteiger partial charge in [-0.15, -0.1) is 0 Å². The maximum absolute atomic E-state index is 12.2. The van der Waals surface area contributed by atoms with Gasteiger partial charge in [-0.25, -0.2) is 0 Å². The quantitative estimate of drug-likeness (QED) is 0.747. The van der Waals surface area contributed by atoms with Crippen molar-refractivity contribution in [3.05, 3.63) is 35.9 Å². The molecule has 0 bridgehead atoms. The largest absolute Gasteiger partial charge is 0.480 e. The highest BCUT2D eigenvalue weighted by Crippen LogP contribution is 2.08. The SMILES string of the molecule is CCCC(NCC(=O)N1CCN(Cc2ccccc2)CC1)C(=O)O. The fraction of sp³-hybridized carbons (Fsp3) is 0.556. The van der Waals surface area contributed by atoms with Crippen molar-refractivity contribution < 1.29 is 14.7 Å². The number of carbonyl (C=O) groups is 2. The molecule has 1 aromatic carbocycles. The smallest absolute Gasteiger partial charge is 0.320 e. The summed E-state index contributed by atoms with van der Waals surface area (Å²) < 4.78 is 0. The highest BCUT2D eigenvalue weighted by atomic mass is 16.4. The van der Waals surface area contributed by atoms with Gasteiger partial charge in [0.1, 0.15) is 6.04 Å². The Labute approximate surface area is 143 Å². The standard InChI is InChI=1S/C18H27N3O3/c1-2-6-16(18(23)24)19-13-17(22)21-11-9-20(10-12-21)14-15-7-4-3-5-8-15/h3-5,7-8,16,19H,2,6,9-14H2,1H3,(H,23,24). The lowest BCUT2D eigenvalue weighted by molar-refractivity contribution is -0.140. The molecule has 6 heteroatoms. The van der Waals surface area contributed by atoms with Crippen molar-refractivity contribution in [1.82, 2.24) is 15.1 Å². The van der Waals surface area contributed by atoms with Crippen LogP contribution in [0.1, 0.15) is 25.3 Å². The summed E-state index contributed by atoms with van der Waals surface area (Å²) in [6, 6.07) is 9.67. The third-order valence-electron chi connectivity index (χ3n) is 4.35. The minimum atomic E-state index is -0.891. The van der Waals surface area contributed by atoms with Gasteiger partial charge in [0.05, 0.1) is 6.54 Å². The Balaban J connectivity index is 1.73. The lowest BCUT2D eigenvalue weighted by atomic mass is 10.1. The van der Waals surface area contributed by atoms with Crippen LogP contribution in [0.2, 0.25) is 0 Å². The fourth-order valence-electron chi connectivity index (χ4n) is 2.92. The summed E-state index contributed by atoms with van der Waals surface area (Å²) >= 11 is 0. The number of amides is 1. The first-order valence-corrected chi connectivity index (χ1v) is 8.60. The van der Waals surface area contributed by atoms with Crippen molar-refractivity contribution in [2.24, 2.45) is 0 Å². The van der Waals surface area contributed by atoms with Gasteiger partial charge >= 0.3 is 5.97 Å². The Morgan fingerprint density at radius 1 is 1.17 bits per heavy atom. The van der Waals surface area contributed by atoms with Crippen LogP contribution >= 0.6 is 0 Å². The van der Waals surface area contributed by atoms with Crippen molar-refractivity contribution in [1.29, 1.82) is 0 Å². The van der Waals surface area contributed by atoms with Crippen LogP contribution in [-0.2, 0) is 16.1 Å². The molecule has 1 unspecified atom stereocenters. The summed E-state index contributed by atoms with van der Waals surface area (Å²) in [5.41, 5.74) is 1.28. The molecule has 0 radical (unpaired) electrons. The van der Waals surface area contributed by atoms with Crippen molar-refractivity contribution in [3.63, 3.8) is 0 Å². The highest BCUT2D eigenvalue weighted by Gasteiger charge is 2.23. The van der Waals surface area contributed by atoms with Crippen molar-refractivity contribution in [2.45, 2.75) is 32.4 Å². The van der Waals surface area contributed by atoms with E-state index in [9.17, 15) is 9.59 Å². The predicted molar refractivity (Wildman–Crippen MR) is 92.6 cm³/mol. The van der Waals surface area contributed by atoms with Crippen LogP contribution in [-0.4, -0.2) is 65.5 Å². The normalized spacial score (nSPS) is 16.8. The van der Waals surface area contributed by atoms with E-state index in [1.54, 1.807) is 0 Å². The maximum atomic E-state index is 12.2. The maximum Gasteiger partial charge on any atom is 0.320 e. The second-order valence-corrected chi connectivity index (χ2v) is 6.20. The monoisotopic (exact) mass is 333 g/mol. The number of rotatable bonds is 8. The van der Waals surface area contributed by atoms with E-state index in [1.807, 2.05) is 30.0 Å². The lowest BCUT2D eigenvalue weighted by Crippen LogP contribution is -2.51. The van der Waals surface area contributed by atoms with Crippen molar-refractivity contribution >= 4 is 11.9 Å². The number of hydrogen-bond acceptors (Lipinski definition) is 4. The van der Waals surface area contributed by atoms with Gasteiger partial charge in [-0.1, -0.05) is 43.7 Å². The van der Waals surface area contributed by atoms with Crippen LogP contribution in [0, 0.1) is 0 Å².